The molecular formula is C23H27NO2. The number of benzene rings is 2. The Labute approximate surface area is 156 Å². The second-order valence-electron chi connectivity index (χ2n) is 7.28. The zero-order chi connectivity index (χ0) is 19.2. The van der Waals surface area contributed by atoms with E-state index < -0.39 is 11.6 Å². The van der Waals surface area contributed by atoms with Crippen molar-refractivity contribution < 1.29 is 9.53 Å². The van der Waals surface area contributed by atoms with Crippen molar-refractivity contribution in [3.8, 4) is 0 Å². The van der Waals surface area contributed by atoms with Gasteiger partial charge in [0.05, 0.1) is 5.71 Å². The van der Waals surface area contributed by atoms with Gasteiger partial charge in [-0.05, 0) is 20.8 Å². The monoisotopic (exact) mass is 349 g/mol. The molecule has 3 heteroatoms. The van der Waals surface area contributed by atoms with E-state index >= 15 is 0 Å². The van der Waals surface area contributed by atoms with Crippen LogP contribution in [0.2, 0.25) is 0 Å². The summed E-state index contributed by atoms with van der Waals surface area (Å²) in [7, 11) is 0. The second-order valence-corrected chi connectivity index (χ2v) is 7.28. The van der Waals surface area contributed by atoms with Gasteiger partial charge < -0.3 is 4.74 Å². The first-order chi connectivity index (χ1) is 12.3. The molecule has 2 aromatic carbocycles. The number of ether oxygens (including phenoxy) is 1. The highest BCUT2D eigenvalue weighted by atomic mass is 16.6. The number of esters is 1. The Morgan fingerprint density at radius 1 is 1.00 bits per heavy atom. The first kappa shape index (κ1) is 19.6. The van der Waals surface area contributed by atoms with Gasteiger partial charge in [0.25, 0.3) is 0 Å². The highest BCUT2D eigenvalue weighted by molar-refractivity contribution is 6.13. The fraction of sp³-hybridized carbons (Fsp3) is 0.304. The molecule has 0 aliphatic rings. The van der Waals surface area contributed by atoms with E-state index in [9.17, 15) is 4.79 Å². The Bertz CT molecular complexity index is 716. The molecule has 0 aliphatic heterocycles. The molecular weight excluding hydrogens is 322 g/mol. The van der Waals surface area contributed by atoms with Crippen molar-refractivity contribution in [2.75, 3.05) is 0 Å². The minimum Gasteiger partial charge on any atom is -0.458 e. The van der Waals surface area contributed by atoms with Gasteiger partial charge in [-0.15, -0.1) is 6.58 Å². The lowest BCUT2D eigenvalue weighted by Crippen LogP contribution is -2.34. The number of hydrogen-bond donors (Lipinski definition) is 0. The predicted octanol–water partition coefficient (Wildman–Crippen LogP) is 5.06. The first-order valence-electron chi connectivity index (χ1n) is 8.86. The van der Waals surface area contributed by atoms with Crippen LogP contribution in [0.5, 0.6) is 0 Å². The van der Waals surface area contributed by atoms with E-state index in [1.807, 2.05) is 88.4 Å². The Hall–Kier alpha value is -2.68. The van der Waals surface area contributed by atoms with Crippen molar-refractivity contribution in [2.24, 2.45) is 10.9 Å². The molecule has 0 aromatic heterocycles. The molecule has 0 radical (unpaired) electrons. The molecule has 0 heterocycles. The van der Waals surface area contributed by atoms with Crippen LogP contribution in [-0.4, -0.2) is 23.3 Å². The quantitative estimate of drug-likeness (QED) is 0.415. The van der Waals surface area contributed by atoms with Gasteiger partial charge in [-0.3, -0.25) is 4.99 Å². The highest BCUT2D eigenvalue weighted by Crippen LogP contribution is 2.19. The fourth-order valence-corrected chi connectivity index (χ4v) is 2.52. The average molecular weight is 349 g/mol. The number of aliphatic imine (C=N–C) groups is 1. The van der Waals surface area contributed by atoms with Crippen molar-refractivity contribution in [3.63, 3.8) is 0 Å². The van der Waals surface area contributed by atoms with Gasteiger partial charge in [0.1, 0.15) is 5.60 Å². The molecule has 0 fully saturated rings. The molecule has 136 valence electrons. The number of nitrogens with zero attached hydrogens (tertiary/aromatic N) is 1. The van der Waals surface area contributed by atoms with Crippen LogP contribution in [0.25, 0.3) is 0 Å². The summed E-state index contributed by atoms with van der Waals surface area (Å²) >= 11 is 0. The van der Waals surface area contributed by atoms with E-state index in [0.29, 0.717) is 0 Å². The van der Waals surface area contributed by atoms with Gasteiger partial charge in [0, 0.05) is 17.0 Å². The van der Waals surface area contributed by atoms with E-state index in [2.05, 4.69) is 6.58 Å². The van der Waals surface area contributed by atoms with E-state index in [-0.39, 0.29) is 11.9 Å². The third kappa shape index (κ3) is 5.41. The molecule has 2 atom stereocenters. The maximum Gasteiger partial charge on any atom is 0.332 e. The van der Waals surface area contributed by atoms with Gasteiger partial charge in [-0.25, -0.2) is 4.79 Å². The van der Waals surface area contributed by atoms with Crippen LogP contribution in [-0.2, 0) is 9.53 Å². The molecule has 0 unspecified atom stereocenters. The lowest BCUT2D eigenvalue weighted by atomic mass is 9.98. The van der Waals surface area contributed by atoms with Gasteiger partial charge in [-0.2, -0.15) is 0 Å². The average Bonchev–Trinajstić information content (AvgIpc) is 2.62. The summed E-state index contributed by atoms with van der Waals surface area (Å²) in [6.07, 6.45) is 1.74. The molecule has 0 saturated heterocycles. The molecule has 3 nitrogen and oxygen atoms in total. The number of rotatable bonds is 6. The molecule has 0 N–H and O–H groups in total. The number of hydrogen-bond acceptors (Lipinski definition) is 3. The van der Waals surface area contributed by atoms with Crippen LogP contribution in [0.4, 0.5) is 0 Å². The largest absolute Gasteiger partial charge is 0.458 e. The third-order valence-corrected chi connectivity index (χ3v) is 3.88. The molecule has 0 aliphatic carbocycles. The Balaban J connectivity index is 2.53. The normalized spacial score (nSPS) is 13.4. The maximum atomic E-state index is 12.8. The first-order valence-corrected chi connectivity index (χ1v) is 8.86. The van der Waals surface area contributed by atoms with Crippen molar-refractivity contribution in [1.29, 1.82) is 0 Å². The molecule has 0 saturated carbocycles. The smallest absolute Gasteiger partial charge is 0.332 e. The van der Waals surface area contributed by atoms with E-state index in [4.69, 9.17) is 9.73 Å². The summed E-state index contributed by atoms with van der Waals surface area (Å²) in [5, 5.41) is 0. The van der Waals surface area contributed by atoms with E-state index in [1.165, 1.54) is 0 Å². The SMILES string of the molecule is C=C[C@H](C)[C@H](N=C(c1ccccc1)c1ccccc1)C(=O)OC(C)(C)C. The van der Waals surface area contributed by atoms with Crippen LogP contribution in [0.3, 0.4) is 0 Å². The fourth-order valence-electron chi connectivity index (χ4n) is 2.52. The summed E-state index contributed by atoms with van der Waals surface area (Å²) in [4.78, 5) is 17.6. The number of carbonyl (C=O) groups excluding carboxylic acids is 1. The lowest BCUT2D eigenvalue weighted by molar-refractivity contribution is -0.157. The highest BCUT2D eigenvalue weighted by Gasteiger charge is 2.29. The van der Waals surface area contributed by atoms with Crippen LogP contribution < -0.4 is 0 Å². The standard InChI is InChI=1S/C23H27NO2/c1-6-17(2)20(22(25)26-23(3,4)5)24-21(18-13-9-7-10-14-18)19-15-11-8-12-16-19/h6-17,20H,1H2,2-5H3/t17-,20-/m0/s1. The zero-order valence-corrected chi connectivity index (χ0v) is 16.0. The minimum absolute atomic E-state index is 0.146. The number of carbonyl (C=O) groups is 1. The van der Waals surface area contributed by atoms with Crippen LogP contribution in [0, 0.1) is 5.92 Å². The van der Waals surface area contributed by atoms with E-state index in [0.717, 1.165) is 16.8 Å². The molecule has 0 bridgehead atoms. The summed E-state index contributed by atoms with van der Waals surface area (Å²) in [5.41, 5.74) is 2.13. The van der Waals surface area contributed by atoms with Crippen molar-refractivity contribution in [1.82, 2.24) is 0 Å². The van der Waals surface area contributed by atoms with Crippen LogP contribution >= 0.6 is 0 Å². The summed E-state index contributed by atoms with van der Waals surface area (Å²) < 4.78 is 5.60. The molecule has 2 aromatic rings. The van der Waals surface area contributed by atoms with Gasteiger partial charge in [0.2, 0.25) is 0 Å². The molecule has 2 rings (SSSR count). The maximum absolute atomic E-state index is 12.8. The Morgan fingerprint density at radius 3 is 1.85 bits per heavy atom. The second kappa shape index (κ2) is 8.61. The van der Waals surface area contributed by atoms with E-state index in [1.54, 1.807) is 6.08 Å². The third-order valence-electron chi connectivity index (χ3n) is 3.88. The van der Waals surface area contributed by atoms with Gasteiger partial charge >= 0.3 is 5.97 Å². The van der Waals surface area contributed by atoms with Crippen LogP contribution in [0.1, 0.15) is 38.8 Å². The lowest BCUT2D eigenvalue weighted by Gasteiger charge is -2.25. The summed E-state index contributed by atoms with van der Waals surface area (Å²) in [6.45, 7) is 11.3. The van der Waals surface area contributed by atoms with Crippen molar-refractivity contribution in [3.05, 3.63) is 84.4 Å². The summed E-state index contributed by atoms with van der Waals surface area (Å²) in [6, 6.07) is 19.1. The zero-order valence-electron chi connectivity index (χ0n) is 16.0. The van der Waals surface area contributed by atoms with Crippen LogP contribution in [0.15, 0.2) is 78.3 Å². The molecule has 0 spiro atoms. The Morgan fingerprint density at radius 2 is 1.46 bits per heavy atom. The van der Waals surface area contributed by atoms with Crippen molar-refractivity contribution >= 4 is 11.7 Å². The summed E-state index contributed by atoms with van der Waals surface area (Å²) in [5.74, 6) is -0.485. The predicted molar refractivity (Wildman–Crippen MR) is 108 cm³/mol. The molecule has 0 amide bonds. The Kier molecular flexibility index (Phi) is 6.51. The molecule has 26 heavy (non-hydrogen) atoms. The minimum atomic E-state index is -0.651. The van der Waals surface area contributed by atoms with Crippen molar-refractivity contribution in [2.45, 2.75) is 39.3 Å². The topological polar surface area (TPSA) is 38.7 Å². The van der Waals surface area contributed by atoms with Gasteiger partial charge in [0.15, 0.2) is 6.04 Å². The van der Waals surface area contributed by atoms with Gasteiger partial charge in [-0.1, -0.05) is 73.7 Å².